The molecule has 0 amide bonds. The van der Waals surface area contributed by atoms with Crippen molar-refractivity contribution in [3.05, 3.63) is 189 Å². The predicted molar refractivity (Wildman–Crippen MR) is 167 cm³/mol. The van der Waals surface area contributed by atoms with Crippen molar-refractivity contribution < 1.29 is 51.0 Å². The van der Waals surface area contributed by atoms with Gasteiger partial charge in [0.25, 0.3) is 0 Å². The van der Waals surface area contributed by atoms with Crippen LogP contribution in [-0.2, 0) is 26.2 Å². The molecule has 0 aliphatic heterocycles. The first kappa shape index (κ1) is 32.2. The molecule has 6 aromatic carbocycles. The van der Waals surface area contributed by atoms with Crippen molar-refractivity contribution in [1.29, 1.82) is 0 Å². The van der Waals surface area contributed by atoms with Crippen LogP contribution in [0, 0.1) is 0 Å². The van der Waals surface area contributed by atoms with E-state index in [-0.39, 0.29) is 51.0 Å². The molecule has 0 atom stereocenters. The molecule has 0 nitrogen and oxygen atoms in total. The van der Waals surface area contributed by atoms with Crippen molar-refractivity contribution >= 4 is 24.3 Å². The van der Waals surface area contributed by atoms with E-state index in [0.717, 1.165) is 0 Å². The van der Waals surface area contributed by atoms with E-state index in [1.165, 1.54) is 65.4 Å². The molecule has 0 saturated heterocycles. The zero-order chi connectivity index (χ0) is 26.7. The second kappa shape index (κ2) is 14.6. The van der Waals surface area contributed by atoms with Crippen LogP contribution in [0.4, 0.5) is 0 Å². The van der Waals surface area contributed by atoms with Crippen LogP contribution in [0.5, 0.6) is 0 Å². The minimum Gasteiger partial charge on any atom is -1.00 e. The zero-order valence-electron chi connectivity index (χ0n) is 23.3. The van der Waals surface area contributed by atoms with Gasteiger partial charge in [0.1, 0.15) is 0 Å². The molecule has 0 fully saturated rings. The van der Waals surface area contributed by atoms with Crippen LogP contribution in [-0.4, -0.2) is 0 Å². The molecule has 2 aliphatic carbocycles. The number of hydrogen-bond acceptors (Lipinski definition) is 0. The monoisotopic (exact) mass is 666 g/mol. The van der Waals surface area contributed by atoms with Gasteiger partial charge in [0.05, 0.1) is 0 Å². The average Bonchev–Trinajstić information content (AvgIpc) is 3.59. The van der Waals surface area contributed by atoms with E-state index < -0.39 is 0 Å². The van der Waals surface area contributed by atoms with Crippen LogP contribution < -0.4 is 45.7 Å². The SMILES string of the molecule is [C-]1=c2c(cccc2=Cc2ccccc2)-c2ccccc21.[C-]1=c2c(cccc2=Cc2ccccc2)-c2ccccc21.[Cl-].[Cl-].[Zr+4]. The second-order valence-corrected chi connectivity index (χ2v) is 9.99. The summed E-state index contributed by atoms with van der Waals surface area (Å²) >= 11 is 0. The summed E-state index contributed by atoms with van der Waals surface area (Å²) in [5.41, 5.74) is 9.96. The van der Waals surface area contributed by atoms with Gasteiger partial charge in [-0.25, -0.2) is 0 Å². The van der Waals surface area contributed by atoms with Crippen LogP contribution in [0.3, 0.4) is 0 Å². The minimum atomic E-state index is 0. The number of halogens is 2. The van der Waals surface area contributed by atoms with E-state index >= 15 is 0 Å². The van der Waals surface area contributed by atoms with Crippen molar-refractivity contribution in [3.8, 4) is 22.3 Å². The molecule has 0 spiro atoms. The van der Waals surface area contributed by atoms with Gasteiger partial charge in [-0.2, -0.15) is 0 Å². The third-order valence-corrected chi connectivity index (χ3v) is 7.39. The molecule has 0 saturated carbocycles. The van der Waals surface area contributed by atoms with E-state index in [1.54, 1.807) is 0 Å². The predicted octanol–water partition coefficient (Wildman–Crippen LogP) is 0.409. The number of fused-ring (bicyclic) bond motifs is 6. The molecule has 8 rings (SSSR count). The molecule has 0 bridgehead atoms. The number of hydrogen-bond donors (Lipinski definition) is 0. The van der Waals surface area contributed by atoms with Crippen molar-refractivity contribution in [3.63, 3.8) is 0 Å². The minimum absolute atomic E-state index is 0. The Morgan fingerprint density at radius 2 is 0.698 bits per heavy atom. The van der Waals surface area contributed by atoms with Gasteiger partial charge in [-0.15, -0.1) is 68.1 Å². The Bertz CT molecular complexity index is 1950. The smallest absolute Gasteiger partial charge is 1.00 e. The summed E-state index contributed by atoms with van der Waals surface area (Å²) in [7, 11) is 0. The summed E-state index contributed by atoms with van der Waals surface area (Å²) in [4.78, 5) is 0. The van der Waals surface area contributed by atoms with Crippen LogP contribution in [0.25, 0.3) is 46.6 Å². The Morgan fingerprint density at radius 1 is 0.349 bits per heavy atom. The van der Waals surface area contributed by atoms with Crippen molar-refractivity contribution in [2.24, 2.45) is 0 Å². The van der Waals surface area contributed by atoms with E-state index in [0.29, 0.717) is 0 Å². The fraction of sp³-hybridized carbons (Fsp3) is 0. The maximum atomic E-state index is 3.54. The summed E-state index contributed by atoms with van der Waals surface area (Å²) in [6, 6.07) is 50.7. The molecule has 3 heteroatoms. The topological polar surface area (TPSA) is 0 Å². The summed E-state index contributed by atoms with van der Waals surface area (Å²) in [5, 5.41) is 4.87. The Morgan fingerprint density at radius 3 is 1.12 bits per heavy atom. The number of benzene rings is 6. The molecule has 2 aliphatic rings. The van der Waals surface area contributed by atoms with Gasteiger partial charge >= 0.3 is 26.2 Å². The maximum absolute atomic E-state index is 3.54. The Hall–Kier alpha value is -3.74. The summed E-state index contributed by atoms with van der Waals surface area (Å²) < 4.78 is 0. The fourth-order valence-corrected chi connectivity index (χ4v) is 5.49. The first-order chi connectivity index (χ1) is 19.8. The molecule has 204 valence electrons. The summed E-state index contributed by atoms with van der Waals surface area (Å²) in [5.74, 6) is 0. The molecular formula is C40H26Cl2Zr. The van der Waals surface area contributed by atoms with Crippen LogP contribution in [0.1, 0.15) is 22.3 Å². The molecule has 0 radical (unpaired) electrons. The first-order valence-corrected chi connectivity index (χ1v) is 13.6. The second-order valence-electron chi connectivity index (χ2n) is 9.99. The van der Waals surface area contributed by atoms with Gasteiger partial charge in [0.2, 0.25) is 0 Å². The molecule has 6 aromatic rings. The molecular weight excluding hydrogens is 643 g/mol. The van der Waals surface area contributed by atoms with E-state index in [1.807, 2.05) is 12.1 Å². The first-order valence-electron chi connectivity index (χ1n) is 13.6. The van der Waals surface area contributed by atoms with E-state index in [2.05, 4.69) is 158 Å². The molecule has 0 unspecified atom stereocenters. The Labute approximate surface area is 284 Å². The molecule has 0 N–H and O–H groups in total. The van der Waals surface area contributed by atoms with Gasteiger partial charge in [-0.05, 0) is 11.1 Å². The Balaban J connectivity index is 0.000000184. The van der Waals surface area contributed by atoms with Gasteiger partial charge in [0, 0.05) is 0 Å². The quantitative estimate of drug-likeness (QED) is 0.235. The van der Waals surface area contributed by atoms with Gasteiger partial charge in [0.15, 0.2) is 0 Å². The van der Waals surface area contributed by atoms with Crippen LogP contribution in [0.2, 0.25) is 0 Å². The van der Waals surface area contributed by atoms with Crippen LogP contribution >= 0.6 is 0 Å². The normalized spacial score (nSPS) is 11.8. The van der Waals surface area contributed by atoms with Crippen molar-refractivity contribution in [2.75, 3.05) is 0 Å². The molecule has 0 aromatic heterocycles. The standard InChI is InChI=1S/2C20H13.2ClH.Zr/c2*1-2-7-15(8-3-1)13-16-10-6-12-19-18-11-5-4-9-17(18)14-20(16)19;;;/h2*1-13H;2*1H;/q2*-1;;;+4/p-2. The third kappa shape index (κ3) is 6.76. The van der Waals surface area contributed by atoms with Crippen LogP contribution in [0.15, 0.2) is 146 Å². The summed E-state index contributed by atoms with van der Waals surface area (Å²) in [6.45, 7) is 0. The fourth-order valence-electron chi connectivity index (χ4n) is 5.49. The van der Waals surface area contributed by atoms with Gasteiger partial charge in [-0.1, -0.05) is 156 Å². The maximum Gasteiger partial charge on any atom is 4.00 e. The average molecular weight is 669 g/mol. The van der Waals surface area contributed by atoms with Gasteiger partial charge in [-0.3, -0.25) is 0 Å². The largest absolute Gasteiger partial charge is 4.00 e. The summed E-state index contributed by atoms with van der Waals surface area (Å²) in [6.07, 6.45) is 11.5. The van der Waals surface area contributed by atoms with Crippen molar-refractivity contribution in [2.45, 2.75) is 0 Å². The number of rotatable bonds is 2. The third-order valence-electron chi connectivity index (χ3n) is 7.39. The van der Waals surface area contributed by atoms with E-state index in [4.69, 9.17) is 0 Å². The Kier molecular flexibility index (Phi) is 10.9. The molecule has 43 heavy (non-hydrogen) atoms. The van der Waals surface area contributed by atoms with Crippen molar-refractivity contribution in [1.82, 2.24) is 0 Å². The molecule has 0 heterocycles. The van der Waals surface area contributed by atoms with Gasteiger partial charge < -0.3 is 24.8 Å². The zero-order valence-corrected chi connectivity index (χ0v) is 27.2. The van der Waals surface area contributed by atoms with E-state index in [9.17, 15) is 0 Å².